The van der Waals surface area contributed by atoms with Gasteiger partial charge in [0.05, 0.1) is 19.8 Å². The number of thiophene rings is 1. The Morgan fingerprint density at radius 3 is 2.83 bits per heavy atom. The van der Waals surface area contributed by atoms with E-state index in [-0.39, 0.29) is 6.10 Å². The van der Waals surface area contributed by atoms with Gasteiger partial charge < -0.3 is 19.7 Å². The second-order valence-electron chi connectivity index (χ2n) is 5.75. The smallest absolute Gasteiger partial charge is 0.173 e. The van der Waals surface area contributed by atoms with Crippen LogP contribution in [0.1, 0.15) is 17.7 Å². The monoisotopic (exact) mass is 362 g/mol. The zero-order chi connectivity index (χ0) is 16.8. The molecule has 4 nitrogen and oxygen atoms in total. The molecule has 128 valence electrons. The molecule has 0 radical (unpaired) electrons. The SMILES string of the molecule is COc1ccc(NC(=S)N(Cc2cccs2)C[C@H]2CCCO2)cc1. The summed E-state index contributed by atoms with van der Waals surface area (Å²) in [7, 11) is 1.66. The minimum atomic E-state index is 0.264. The molecule has 1 atom stereocenters. The normalized spacial score (nSPS) is 16.8. The Bertz CT molecular complexity index is 638. The van der Waals surface area contributed by atoms with E-state index in [9.17, 15) is 0 Å². The van der Waals surface area contributed by atoms with E-state index in [4.69, 9.17) is 21.7 Å². The number of methoxy groups -OCH3 is 1. The lowest BCUT2D eigenvalue weighted by atomic mass is 10.2. The van der Waals surface area contributed by atoms with Gasteiger partial charge in [-0.15, -0.1) is 11.3 Å². The molecule has 3 rings (SSSR count). The molecule has 6 heteroatoms. The molecule has 2 aromatic rings. The Balaban J connectivity index is 1.66. The third kappa shape index (κ3) is 4.69. The fourth-order valence-corrected chi connectivity index (χ4v) is 3.70. The average Bonchev–Trinajstić information content (AvgIpc) is 3.29. The average molecular weight is 363 g/mol. The molecule has 0 amide bonds. The Morgan fingerprint density at radius 1 is 1.38 bits per heavy atom. The van der Waals surface area contributed by atoms with Gasteiger partial charge in [-0.25, -0.2) is 0 Å². The molecule has 24 heavy (non-hydrogen) atoms. The molecule has 1 saturated heterocycles. The van der Waals surface area contributed by atoms with Crippen LogP contribution in [0.25, 0.3) is 0 Å². The number of nitrogens with zero attached hydrogens (tertiary/aromatic N) is 1. The van der Waals surface area contributed by atoms with Crippen LogP contribution in [0.5, 0.6) is 5.75 Å². The van der Waals surface area contributed by atoms with Crippen molar-refractivity contribution in [1.82, 2.24) is 4.90 Å². The van der Waals surface area contributed by atoms with Gasteiger partial charge in [0.15, 0.2) is 5.11 Å². The second kappa shape index (κ2) is 8.46. The van der Waals surface area contributed by atoms with E-state index in [0.29, 0.717) is 0 Å². The minimum absolute atomic E-state index is 0.264. The zero-order valence-electron chi connectivity index (χ0n) is 13.7. The van der Waals surface area contributed by atoms with Gasteiger partial charge in [0, 0.05) is 23.7 Å². The number of nitrogens with one attached hydrogen (secondary N) is 1. The van der Waals surface area contributed by atoms with Crippen molar-refractivity contribution in [3.63, 3.8) is 0 Å². The lowest BCUT2D eigenvalue weighted by Crippen LogP contribution is -2.39. The van der Waals surface area contributed by atoms with Crippen LogP contribution < -0.4 is 10.1 Å². The number of ether oxygens (including phenoxy) is 2. The van der Waals surface area contributed by atoms with Gasteiger partial charge in [-0.1, -0.05) is 6.07 Å². The van der Waals surface area contributed by atoms with E-state index in [1.54, 1.807) is 18.4 Å². The maximum atomic E-state index is 5.79. The van der Waals surface area contributed by atoms with Gasteiger partial charge in [0.25, 0.3) is 0 Å². The Morgan fingerprint density at radius 2 is 2.21 bits per heavy atom. The largest absolute Gasteiger partial charge is 0.497 e. The predicted octanol–water partition coefficient (Wildman–Crippen LogP) is 4.13. The van der Waals surface area contributed by atoms with Crippen molar-refractivity contribution >= 4 is 34.4 Å². The van der Waals surface area contributed by atoms with Crippen LogP contribution in [-0.2, 0) is 11.3 Å². The summed E-state index contributed by atoms with van der Waals surface area (Å²) >= 11 is 7.41. The summed E-state index contributed by atoms with van der Waals surface area (Å²) in [4.78, 5) is 3.49. The molecule has 0 unspecified atom stereocenters. The van der Waals surface area contributed by atoms with Gasteiger partial charge >= 0.3 is 0 Å². The van der Waals surface area contributed by atoms with Crippen LogP contribution in [0, 0.1) is 0 Å². The highest BCUT2D eigenvalue weighted by atomic mass is 32.1. The standard InChI is InChI=1S/C18H22N2O2S2/c1-21-15-8-6-14(7-9-15)19-18(23)20(12-16-4-2-10-22-16)13-17-5-3-11-24-17/h3,5-9,11,16H,2,4,10,12-13H2,1H3,(H,19,23)/t16-/m1/s1. The third-order valence-corrected chi connectivity index (χ3v) is 5.22. The summed E-state index contributed by atoms with van der Waals surface area (Å²) in [6.07, 6.45) is 2.50. The van der Waals surface area contributed by atoms with Crippen molar-refractivity contribution in [2.24, 2.45) is 0 Å². The first kappa shape index (κ1) is 17.2. The van der Waals surface area contributed by atoms with E-state index >= 15 is 0 Å². The summed E-state index contributed by atoms with van der Waals surface area (Å²) in [6.45, 7) is 2.48. The van der Waals surface area contributed by atoms with Crippen LogP contribution in [-0.4, -0.2) is 36.4 Å². The van der Waals surface area contributed by atoms with Gasteiger partial charge in [-0.2, -0.15) is 0 Å². The molecule has 0 spiro atoms. The quantitative estimate of drug-likeness (QED) is 0.781. The molecule has 1 N–H and O–H groups in total. The topological polar surface area (TPSA) is 33.7 Å². The van der Waals surface area contributed by atoms with Gasteiger partial charge in [-0.3, -0.25) is 0 Å². The Labute approximate surface area is 152 Å². The van der Waals surface area contributed by atoms with E-state index in [0.717, 1.165) is 49.1 Å². The first-order valence-corrected chi connectivity index (χ1v) is 9.37. The molecule has 0 saturated carbocycles. The molecule has 0 bridgehead atoms. The Hall–Kier alpha value is -1.63. The predicted molar refractivity (Wildman–Crippen MR) is 103 cm³/mol. The van der Waals surface area contributed by atoms with Crippen LogP contribution >= 0.6 is 23.6 Å². The molecule has 1 aromatic heterocycles. The molecular weight excluding hydrogens is 340 g/mol. The summed E-state index contributed by atoms with van der Waals surface area (Å²) < 4.78 is 11.0. The third-order valence-electron chi connectivity index (χ3n) is 4.00. The van der Waals surface area contributed by atoms with Crippen molar-refractivity contribution in [3.05, 3.63) is 46.7 Å². The van der Waals surface area contributed by atoms with E-state index in [2.05, 4.69) is 27.7 Å². The fourth-order valence-electron chi connectivity index (χ4n) is 2.72. The highest BCUT2D eigenvalue weighted by Gasteiger charge is 2.21. The highest BCUT2D eigenvalue weighted by molar-refractivity contribution is 7.80. The van der Waals surface area contributed by atoms with Crippen molar-refractivity contribution in [2.45, 2.75) is 25.5 Å². The van der Waals surface area contributed by atoms with Crippen LogP contribution in [0.3, 0.4) is 0 Å². The maximum Gasteiger partial charge on any atom is 0.173 e. The highest BCUT2D eigenvalue weighted by Crippen LogP contribution is 2.20. The molecule has 2 heterocycles. The van der Waals surface area contributed by atoms with E-state index in [1.165, 1.54) is 4.88 Å². The lowest BCUT2D eigenvalue weighted by molar-refractivity contribution is 0.0907. The number of anilines is 1. The lowest BCUT2D eigenvalue weighted by Gasteiger charge is -2.28. The molecule has 1 aromatic carbocycles. The van der Waals surface area contributed by atoms with Crippen LogP contribution in [0.2, 0.25) is 0 Å². The number of thiocarbonyl (C=S) groups is 1. The molecule has 1 aliphatic rings. The van der Waals surface area contributed by atoms with Crippen molar-refractivity contribution in [1.29, 1.82) is 0 Å². The van der Waals surface area contributed by atoms with Crippen molar-refractivity contribution in [3.8, 4) is 5.75 Å². The number of rotatable bonds is 6. The number of hydrogen-bond donors (Lipinski definition) is 1. The molecule has 1 fully saturated rings. The second-order valence-corrected chi connectivity index (χ2v) is 7.17. The summed E-state index contributed by atoms with van der Waals surface area (Å²) in [5.41, 5.74) is 0.962. The zero-order valence-corrected chi connectivity index (χ0v) is 15.4. The van der Waals surface area contributed by atoms with Crippen LogP contribution in [0.15, 0.2) is 41.8 Å². The molecule has 1 aliphatic heterocycles. The van der Waals surface area contributed by atoms with E-state index < -0.39 is 0 Å². The fraction of sp³-hybridized carbons (Fsp3) is 0.389. The van der Waals surface area contributed by atoms with Gasteiger partial charge in [0.1, 0.15) is 5.75 Å². The summed E-state index contributed by atoms with van der Waals surface area (Å²) in [6, 6.07) is 12.0. The minimum Gasteiger partial charge on any atom is -0.497 e. The van der Waals surface area contributed by atoms with Crippen molar-refractivity contribution < 1.29 is 9.47 Å². The maximum absolute atomic E-state index is 5.79. The van der Waals surface area contributed by atoms with Gasteiger partial charge in [-0.05, 0) is 60.8 Å². The Kier molecular flexibility index (Phi) is 6.07. The number of benzene rings is 1. The summed E-state index contributed by atoms with van der Waals surface area (Å²) in [5, 5.41) is 6.15. The first-order chi connectivity index (χ1) is 11.7. The van der Waals surface area contributed by atoms with Crippen molar-refractivity contribution in [2.75, 3.05) is 25.6 Å². The van der Waals surface area contributed by atoms with Crippen LogP contribution in [0.4, 0.5) is 5.69 Å². The summed E-state index contributed by atoms with van der Waals surface area (Å²) in [5.74, 6) is 0.835. The number of hydrogen-bond acceptors (Lipinski definition) is 4. The molecule has 0 aliphatic carbocycles. The first-order valence-electron chi connectivity index (χ1n) is 8.08. The van der Waals surface area contributed by atoms with E-state index in [1.807, 2.05) is 24.3 Å². The molecular formula is C18H22N2O2S2. The van der Waals surface area contributed by atoms with Gasteiger partial charge in [0.2, 0.25) is 0 Å².